The number of aryl methyl sites for hydroxylation is 2. The Morgan fingerprint density at radius 2 is 2.22 bits per heavy atom. The van der Waals surface area contributed by atoms with Crippen molar-refractivity contribution in [3.8, 4) is 0 Å². The lowest BCUT2D eigenvalue weighted by molar-refractivity contribution is 0.0697. The largest absolute Gasteiger partial charge is 0.478 e. The summed E-state index contributed by atoms with van der Waals surface area (Å²) >= 11 is 1.50. The Balaban J connectivity index is 2.08. The standard InChI is InChI=1S/C13H13NO3S/c1-8-5-10(12(15)16)3-4-11(8)7-18-13-14-9(2)6-17-13/h3-6H,7H2,1-2H3,(H,15,16). The van der Waals surface area contributed by atoms with E-state index in [0.29, 0.717) is 16.5 Å². The van der Waals surface area contributed by atoms with Crippen molar-refractivity contribution in [1.82, 2.24) is 4.98 Å². The number of carboxylic acids is 1. The van der Waals surface area contributed by atoms with Crippen LogP contribution in [0.4, 0.5) is 0 Å². The van der Waals surface area contributed by atoms with E-state index in [0.717, 1.165) is 16.8 Å². The van der Waals surface area contributed by atoms with Gasteiger partial charge in [0.25, 0.3) is 5.22 Å². The van der Waals surface area contributed by atoms with E-state index >= 15 is 0 Å². The summed E-state index contributed by atoms with van der Waals surface area (Å²) in [4.78, 5) is 15.0. The first-order chi connectivity index (χ1) is 8.56. The Morgan fingerprint density at radius 3 is 2.78 bits per heavy atom. The number of thioether (sulfide) groups is 1. The third kappa shape index (κ3) is 2.92. The molecule has 0 atom stereocenters. The minimum atomic E-state index is -0.902. The fraction of sp³-hybridized carbons (Fsp3) is 0.231. The van der Waals surface area contributed by atoms with Gasteiger partial charge < -0.3 is 9.52 Å². The third-order valence-corrected chi connectivity index (χ3v) is 3.43. The smallest absolute Gasteiger partial charge is 0.335 e. The number of hydrogen-bond donors (Lipinski definition) is 1. The van der Waals surface area contributed by atoms with Gasteiger partial charge in [-0.3, -0.25) is 0 Å². The summed E-state index contributed by atoms with van der Waals surface area (Å²) < 4.78 is 5.25. The second-order valence-electron chi connectivity index (χ2n) is 3.99. The molecular weight excluding hydrogens is 250 g/mol. The van der Waals surface area contributed by atoms with Gasteiger partial charge in [0.15, 0.2) is 0 Å². The molecule has 0 bridgehead atoms. The molecule has 0 aliphatic heterocycles. The molecule has 0 spiro atoms. The summed E-state index contributed by atoms with van der Waals surface area (Å²) in [6.07, 6.45) is 1.61. The Bertz CT molecular complexity index is 577. The number of carbonyl (C=O) groups is 1. The first-order valence-corrected chi connectivity index (χ1v) is 6.42. The van der Waals surface area contributed by atoms with Crippen LogP contribution in [0.5, 0.6) is 0 Å². The second kappa shape index (κ2) is 5.27. The molecule has 0 amide bonds. The average molecular weight is 263 g/mol. The number of aromatic carboxylic acids is 1. The van der Waals surface area contributed by atoms with E-state index in [2.05, 4.69) is 4.98 Å². The summed E-state index contributed by atoms with van der Waals surface area (Å²) in [5, 5.41) is 9.51. The number of hydrogen-bond acceptors (Lipinski definition) is 4. The fourth-order valence-electron chi connectivity index (χ4n) is 1.53. The maximum absolute atomic E-state index is 10.8. The van der Waals surface area contributed by atoms with Crippen molar-refractivity contribution in [2.45, 2.75) is 24.8 Å². The Labute approximate surface area is 109 Å². The molecule has 2 rings (SSSR count). The van der Waals surface area contributed by atoms with Gasteiger partial charge in [0, 0.05) is 5.75 Å². The lowest BCUT2D eigenvalue weighted by Crippen LogP contribution is -1.98. The molecule has 0 saturated carbocycles. The highest BCUT2D eigenvalue weighted by atomic mass is 32.2. The van der Waals surface area contributed by atoms with Crippen LogP contribution in [-0.2, 0) is 5.75 Å². The van der Waals surface area contributed by atoms with Gasteiger partial charge in [-0.25, -0.2) is 9.78 Å². The molecule has 18 heavy (non-hydrogen) atoms. The van der Waals surface area contributed by atoms with Gasteiger partial charge in [-0.15, -0.1) is 0 Å². The molecule has 94 valence electrons. The Morgan fingerprint density at radius 1 is 1.44 bits per heavy atom. The fourth-order valence-corrected chi connectivity index (χ4v) is 2.46. The number of benzene rings is 1. The topological polar surface area (TPSA) is 63.3 Å². The lowest BCUT2D eigenvalue weighted by atomic mass is 10.1. The molecule has 1 heterocycles. The molecule has 1 N–H and O–H groups in total. The van der Waals surface area contributed by atoms with E-state index < -0.39 is 5.97 Å². The molecular formula is C13H13NO3S. The van der Waals surface area contributed by atoms with Crippen molar-refractivity contribution in [3.63, 3.8) is 0 Å². The van der Waals surface area contributed by atoms with Crippen molar-refractivity contribution in [2.75, 3.05) is 0 Å². The predicted molar refractivity (Wildman–Crippen MR) is 68.9 cm³/mol. The first-order valence-electron chi connectivity index (χ1n) is 5.44. The van der Waals surface area contributed by atoms with Gasteiger partial charge >= 0.3 is 5.97 Å². The van der Waals surface area contributed by atoms with Gasteiger partial charge in [0.05, 0.1) is 11.3 Å². The van der Waals surface area contributed by atoms with Crippen molar-refractivity contribution in [2.24, 2.45) is 0 Å². The van der Waals surface area contributed by atoms with Crippen molar-refractivity contribution in [3.05, 3.63) is 46.8 Å². The van der Waals surface area contributed by atoms with Crippen LogP contribution in [0.1, 0.15) is 27.2 Å². The number of nitrogens with zero attached hydrogens (tertiary/aromatic N) is 1. The SMILES string of the molecule is Cc1coc(SCc2ccc(C(=O)O)cc2C)n1. The molecule has 0 radical (unpaired) electrons. The number of carboxylic acid groups (broad SMARTS) is 1. The maximum atomic E-state index is 10.8. The van der Waals surface area contributed by atoms with Gasteiger partial charge in [-0.2, -0.15) is 0 Å². The van der Waals surface area contributed by atoms with Crippen LogP contribution in [-0.4, -0.2) is 16.1 Å². The van der Waals surface area contributed by atoms with E-state index in [1.165, 1.54) is 11.8 Å². The molecule has 0 aliphatic rings. The molecule has 0 unspecified atom stereocenters. The predicted octanol–water partition coefficient (Wildman–Crippen LogP) is 3.28. The summed E-state index contributed by atoms with van der Waals surface area (Å²) in [7, 11) is 0. The van der Waals surface area contributed by atoms with E-state index in [-0.39, 0.29) is 0 Å². The highest BCUT2D eigenvalue weighted by molar-refractivity contribution is 7.98. The van der Waals surface area contributed by atoms with Gasteiger partial charge in [0.1, 0.15) is 6.26 Å². The van der Waals surface area contributed by atoms with Gasteiger partial charge in [-0.05, 0) is 37.1 Å². The molecule has 2 aromatic rings. The number of oxazole rings is 1. The quantitative estimate of drug-likeness (QED) is 0.857. The third-order valence-electron chi connectivity index (χ3n) is 2.54. The minimum absolute atomic E-state index is 0.313. The number of rotatable bonds is 4. The zero-order chi connectivity index (χ0) is 13.1. The van der Waals surface area contributed by atoms with Crippen molar-refractivity contribution in [1.29, 1.82) is 0 Å². The normalized spacial score (nSPS) is 10.6. The molecule has 1 aromatic carbocycles. The average Bonchev–Trinajstić information content (AvgIpc) is 2.73. The monoisotopic (exact) mass is 263 g/mol. The van der Waals surface area contributed by atoms with E-state index in [1.54, 1.807) is 18.4 Å². The highest BCUT2D eigenvalue weighted by Crippen LogP contribution is 2.24. The summed E-state index contributed by atoms with van der Waals surface area (Å²) in [6, 6.07) is 5.13. The Hall–Kier alpha value is -1.75. The summed E-state index contributed by atoms with van der Waals surface area (Å²) in [5.41, 5.74) is 3.22. The molecule has 1 aromatic heterocycles. The lowest BCUT2D eigenvalue weighted by Gasteiger charge is -2.05. The maximum Gasteiger partial charge on any atom is 0.335 e. The van der Waals surface area contributed by atoms with Crippen LogP contribution >= 0.6 is 11.8 Å². The highest BCUT2D eigenvalue weighted by Gasteiger charge is 2.07. The molecule has 0 saturated heterocycles. The zero-order valence-corrected chi connectivity index (χ0v) is 11.0. The van der Waals surface area contributed by atoms with Crippen LogP contribution in [0, 0.1) is 13.8 Å². The van der Waals surface area contributed by atoms with Crippen molar-refractivity contribution >= 4 is 17.7 Å². The second-order valence-corrected chi connectivity index (χ2v) is 4.92. The molecule has 5 heteroatoms. The Kier molecular flexibility index (Phi) is 3.72. The van der Waals surface area contributed by atoms with Crippen LogP contribution in [0.15, 0.2) is 34.1 Å². The number of aromatic nitrogens is 1. The molecule has 0 aliphatic carbocycles. The van der Waals surface area contributed by atoms with Crippen LogP contribution in [0.25, 0.3) is 0 Å². The summed E-state index contributed by atoms with van der Waals surface area (Å²) in [5.74, 6) is -0.188. The van der Waals surface area contributed by atoms with Crippen LogP contribution < -0.4 is 0 Å². The molecule has 4 nitrogen and oxygen atoms in total. The van der Waals surface area contributed by atoms with Crippen LogP contribution in [0.2, 0.25) is 0 Å². The minimum Gasteiger partial charge on any atom is -0.478 e. The van der Waals surface area contributed by atoms with E-state index in [1.807, 2.05) is 19.9 Å². The van der Waals surface area contributed by atoms with Crippen LogP contribution in [0.3, 0.4) is 0 Å². The first kappa shape index (κ1) is 12.7. The zero-order valence-electron chi connectivity index (χ0n) is 10.1. The van der Waals surface area contributed by atoms with E-state index in [9.17, 15) is 4.79 Å². The molecule has 0 fully saturated rings. The summed E-state index contributed by atoms with van der Waals surface area (Å²) in [6.45, 7) is 3.78. The van der Waals surface area contributed by atoms with Gasteiger partial charge in [0.2, 0.25) is 0 Å². The van der Waals surface area contributed by atoms with Gasteiger partial charge in [-0.1, -0.05) is 17.8 Å². The van der Waals surface area contributed by atoms with Crippen molar-refractivity contribution < 1.29 is 14.3 Å². The van der Waals surface area contributed by atoms with E-state index in [4.69, 9.17) is 9.52 Å².